The molecule has 0 fully saturated rings. The van der Waals surface area contributed by atoms with Crippen molar-refractivity contribution in [2.24, 2.45) is 0 Å². The van der Waals surface area contributed by atoms with Crippen LogP contribution in [0, 0.1) is 0 Å². The van der Waals surface area contributed by atoms with Crippen molar-refractivity contribution in [3.8, 4) is 0 Å². The van der Waals surface area contributed by atoms with Crippen LogP contribution in [0.4, 0.5) is 0 Å². The average molecular weight is 546 g/mol. The maximum Gasteiger partial charge on any atom is 0.338 e. The van der Waals surface area contributed by atoms with Gasteiger partial charge in [-0.1, -0.05) is 41.4 Å². The number of esters is 1. The summed E-state index contributed by atoms with van der Waals surface area (Å²) in [5, 5.41) is 5.69. The van der Waals surface area contributed by atoms with E-state index in [1.165, 1.54) is 11.3 Å². The maximum absolute atomic E-state index is 12.7. The van der Waals surface area contributed by atoms with Gasteiger partial charge in [-0.15, -0.1) is 11.3 Å². The van der Waals surface area contributed by atoms with Crippen molar-refractivity contribution in [1.82, 2.24) is 15.3 Å². The lowest BCUT2D eigenvalue weighted by Gasteiger charge is -2.07. The summed E-state index contributed by atoms with van der Waals surface area (Å²) < 4.78 is 10.7. The summed E-state index contributed by atoms with van der Waals surface area (Å²) in [6, 6.07) is 12.0. The van der Waals surface area contributed by atoms with E-state index in [1.54, 1.807) is 54.8 Å². The molecule has 0 aliphatic heterocycles. The fourth-order valence-electron chi connectivity index (χ4n) is 3.37. The predicted molar refractivity (Wildman–Crippen MR) is 139 cm³/mol. The van der Waals surface area contributed by atoms with Crippen molar-refractivity contribution < 1.29 is 19.1 Å². The van der Waals surface area contributed by atoms with Crippen LogP contribution in [0.5, 0.6) is 0 Å². The summed E-state index contributed by atoms with van der Waals surface area (Å²) in [6.45, 7) is 2.75. The molecule has 2 heterocycles. The van der Waals surface area contributed by atoms with Crippen LogP contribution >= 0.6 is 34.5 Å². The zero-order valence-electron chi connectivity index (χ0n) is 19.1. The molecule has 1 amide bonds. The molecule has 0 atom stereocenters. The molecule has 0 spiro atoms. The van der Waals surface area contributed by atoms with Crippen molar-refractivity contribution in [1.29, 1.82) is 0 Å². The van der Waals surface area contributed by atoms with Crippen molar-refractivity contribution >= 4 is 56.6 Å². The first-order chi connectivity index (χ1) is 17.4. The van der Waals surface area contributed by atoms with Gasteiger partial charge in [-0.25, -0.2) is 9.78 Å². The number of hydrogen-bond acceptors (Lipinski definition) is 7. The predicted octanol–water partition coefficient (Wildman–Crippen LogP) is 5.11. The average Bonchev–Trinajstić information content (AvgIpc) is 3.28. The van der Waals surface area contributed by atoms with E-state index in [1.807, 2.05) is 0 Å². The number of benzene rings is 2. The Labute approximate surface area is 220 Å². The minimum Gasteiger partial charge on any atom is -0.462 e. The first-order valence-corrected chi connectivity index (χ1v) is 12.6. The van der Waals surface area contributed by atoms with Crippen LogP contribution in [0.15, 0.2) is 52.6 Å². The van der Waals surface area contributed by atoms with Gasteiger partial charge in [0.15, 0.2) is 0 Å². The molecular weight excluding hydrogens is 525 g/mol. The Bertz CT molecular complexity index is 1470. The summed E-state index contributed by atoms with van der Waals surface area (Å²) >= 11 is 13.2. The molecule has 0 saturated heterocycles. The molecule has 2 aromatic heterocycles. The molecule has 0 aliphatic rings. The monoisotopic (exact) mass is 545 g/mol. The number of carbonyl (C=O) groups is 2. The van der Waals surface area contributed by atoms with Gasteiger partial charge < -0.3 is 19.8 Å². The minimum atomic E-state index is -0.516. The molecule has 4 aromatic rings. The van der Waals surface area contributed by atoms with E-state index in [0.717, 1.165) is 11.1 Å². The smallest absolute Gasteiger partial charge is 0.338 e. The molecule has 2 aromatic carbocycles. The van der Waals surface area contributed by atoms with Gasteiger partial charge in [0, 0.05) is 12.1 Å². The van der Waals surface area contributed by atoms with E-state index in [9.17, 15) is 14.4 Å². The van der Waals surface area contributed by atoms with Crippen LogP contribution in [0.2, 0.25) is 10.0 Å². The molecule has 0 bridgehead atoms. The number of H-pyrrole nitrogens is 1. The Hall–Kier alpha value is -3.24. The minimum absolute atomic E-state index is 0.0800. The number of thiophene rings is 1. The SMILES string of the molecule is CCOC(=O)c1ccc(COCc2csc3nc(C(=O)NCc4ccc(Cl)c(Cl)c4)[nH]c(=O)c23)cc1. The molecule has 36 heavy (non-hydrogen) atoms. The quantitative estimate of drug-likeness (QED) is 0.282. The molecule has 11 heteroatoms. The third kappa shape index (κ3) is 6.11. The molecule has 0 radical (unpaired) electrons. The fraction of sp³-hybridized carbons (Fsp3) is 0.200. The summed E-state index contributed by atoms with van der Waals surface area (Å²) in [5.41, 5.74) is 2.36. The highest BCUT2D eigenvalue weighted by molar-refractivity contribution is 7.16. The number of halogens is 2. The van der Waals surface area contributed by atoms with E-state index >= 15 is 0 Å². The lowest BCUT2D eigenvalue weighted by atomic mass is 10.1. The van der Waals surface area contributed by atoms with Crippen LogP contribution in [0.3, 0.4) is 0 Å². The van der Waals surface area contributed by atoms with Crippen molar-refractivity contribution in [3.63, 3.8) is 0 Å². The molecule has 8 nitrogen and oxygen atoms in total. The van der Waals surface area contributed by atoms with Gasteiger partial charge in [0.25, 0.3) is 11.5 Å². The number of nitrogens with one attached hydrogen (secondary N) is 2. The Kier molecular flexibility index (Phi) is 8.37. The summed E-state index contributed by atoms with van der Waals surface area (Å²) in [4.78, 5) is 44.3. The number of aromatic nitrogens is 2. The summed E-state index contributed by atoms with van der Waals surface area (Å²) in [6.07, 6.45) is 0. The number of nitrogens with zero attached hydrogens (tertiary/aromatic N) is 1. The number of amides is 1. The lowest BCUT2D eigenvalue weighted by molar-refractivity contribution is 0.0526. The maximum atomic E-state index is 12.7. The van der Waals surface area contributed by atoms with E-state index in [-0.39, 0.29) is 24.9 Å². The number of rotatable bonds is 9. The molecule has 186 valence electrons. The number of carbonyl (C=O) groups excluding carboxylic acids is 2. The third-order valence-corrected chi connectivity index (χ3v) is 6.82. The van der Waals surface area contributed by atoms with E-state index in [2.05, 4.69) is 15.3 Å². The number of fused-ring (bicyclic) bond motifs is 1. The van der Waals surface area contributed by atoms with E-state index < -0.39 is 11.5 Å². The number of aromatic amines is 1. The molecule has 4 rings (SSSR count). The Morgan fingerprint density at radius 2 is 1.81 bits per heavy atom. The van der Waals surface area contributed by atoms with Gasteiger partial charge >= 0.3 is 5.97 Å². The van der Waals surface area contributed by atoms with E-state index in [0.29, 0.717) is 44.6 Å². The molecule has 0 aliphatic carbocycles. The summed E-state index contributed by atoms with van der Waals surface area (Å²) in [5.74, 6) is -0.968. The number of hydrogen-bond donors (Lipinski definition) is 2. The highest BCUT2D eigenvalue weighted by atomic mass is 35.5. The van der Waals surface area contributed by atoms with Crippen molar-refractivity contribution in [3.05, 3.63) is 96.3 Å². The van der Waals surface area contributed by atoms with Crippen molar-refractivity contribution in [2.45, 2.75) is 26.7 Å². The highest BCUT2D eigenvalue weighted by Crippen LogP contribution is 2.23. The Balaban J connectivity index is 1.38. The first-order valence-electron chi connectivity index (χ1n) is 10.9. The van der Waals surface area contributed by atoms with Crippen LogP contribution < -0.4 is 10.9 Å². The zero-order valence-corrected chi connectivity index (χ0v) is 21.4. The zero-order chi connectivity index (χ0) is 25.7. The Morgan fingerprint density at radius 1 is 1.06 bits per heavy atom. The van der Waals surface area contributed by atoms with Crippen molar-refractivity contribution in [2.75, 3.05) is 6.61 Å². The topological polar surface area (TPSA) is 110 Å². The second-order valence-electron chi connectivity index (χ2n) is 7.70. The fourth-order valence-corrected chi connectivity index (χ4v) is 4.61. The van der Waals surface area contributed by atoms with Crippen LogP contribution in [-0.2, 0) is 29.2 Å². The van der Waals surface area contributed by atoms with Crippen LogP contribution in [0.25, 0.3) is 10.2 Å². The van der Waals surface area contributed by atoms with Gasteiger partial charge in [0.1, 0.15) is 4.83 Å². The standard InChI is InChI=1S/C25H21Cl2N3O5S/c1-2-35-25(33)16-6-3-14(4-7-16)11-34-12-17-13-36-24-20(17)22(31)29-21(30-24)23(32)28-10-15-5-8-18(26)19(27)9-15/h3-9,13H,2,10-12H2,1H3,(H,28,32)(H,29,30,31). The number of ether oxygens (including phenoxy) is 2. The molecule has 0 saturated carbocycles. The molecular formula is C25H21Cl2N3O5S. The van der Waals surface area contributed by atoms with Crippen LogP contribution in [0.1, 0.15) is 44.6 Å². The summed E-state index contributed by atoms with van der Waals surface area (Å²) in [7, 11) is 0. The molecule has 0 unspecified atom stereocenters. The Morgan fingerprint density at radius 3 is 2.53 bits per heavy atom. The van der Waals surface area contributed by atoms with Gasteiger partial charge in [0.05, 0.1) is 40.8 Å². The van der Waals surface area contributed by atoms with Gasteiger partial charge in [-0.2, -0.15) is 0 Å². The first kappa shape index (κ1) is 25.8. The molecule has 2 N–H and O–H groups in total. The van der Waals surface area contributed by atoms with Gasteiger partial charge in [-0.3, -0.25) is 9.59 Å². The second-order valence-corrected chi connectivity index (χ2v) is 9.37. The normalized spacial score (nSPS) is 11.0. The van der Waals surface area contributed by atoms with Crippen LogP contribution in [-0.4, -0.2) is 28.5 Å². The largest absolute Gasteiger partial charge is 0.462 e. The second kappa shape index (κ2) is 11.7. The van der Waals surface area contributed by atoms with Gasteiger partial charge in [0.2, 0.25) is 5.82 Å². The third-order valence-electron chi connectivity index (χ3n) is 5.16. The highest BCUT2D eigenvalue weighted by Gasteiger charge is 2.16. The lowest BCUT2D eigenvalue weighted by Crippen LogP contribution is -2.27. The van der Waals surface area contributed by atoms with Gasteiger partial charge in [-0.05, 0) is 47.7 Å². The van der Waals surface area contributed by atoms with E-state index in [4.69, 9.17) is 32.7 Å².